The second-order valence-electron chi connectivity index (χ2n) is 5.99. The molecule has 116 valence electrons. The molecular formula is C15H28N2O3. The molecule has 2 aliphatic rings. The van der Waals surface area contributed by atoms with Crippen LogP contribution in [0.4, 0.5) is 0 Å². The van der Waals surface area contributed by atoms with Crippen molar-refractivity contribution in [1.29, 1.82) is 0 Å². The van der Waals surface area contributed by atoms with Crippen LogP contribution in [0.15, 0.2) is 0 Å². The third-order valence-corrected chi connectivity index (χ3v) is 4.54. The van der Waals surface area contributed by atoms with Crippen molar-refractivity contribution in [1.82, 2.24) is 10.2 Å². The molecule has 1 saturated carbocycles. The zero-order chi connectivity index (χ0) is 14.4. The van der Waals surface area contributed by atoms with Gasteiger partial charge in [0.25, 0.3) is 0 Å². The van der Waals surface area contributed by atoms with E-state index >= 15 is 0 Å². The fraction of sp³-hybridized carbons (Fsp3) is 0.933. The molecule has 1 saturated heterocycles. The molecule has 0 aromatic carbocycles. The van der Waals surface area contributed by atoms with E-state index < -0.39 is 0 Å². The van der Waals surface area contributed by atoms with Crippen LogP contribution in [-0.2, 0) is 9.53 Å². The van der Waals surface area contributed by atoms with Gasteiger partial charge in [0.2, 0.25) is 5.91 Å². The first kappa shape index (κ1) is 15.7. The summed E-state index contributed by atoms with van der Waals surface area (Å²) in [5.74, 6) is 0.0879. The van der Waals surface area contributed by atoms with E-state index in [1.54, 1.807) is 4.90 Å². The number of carbonyl (C=O) groups is 1. The maximum atomic E-state index is 12.2. The average molecular weight is 284 g/mol. The zero-order valence-electron chi connectivity index (χ0n) is 12.5. The van der Waals surface area contributed by atoms with Crippen LogP contribution in [0.2, 0.25) is 0 Å². The summed E-state index contributed by atoms with van der Waals surface area (Å²) in [5, 5.41) is 13.3. The van der Waals surface area contributed by atoms with E-state index in [1.807, 2.05) is 7.05 Å². The van der Waals surface area contributed by atoms with Crippen molar-refractivity contribution in [3.05, 3.63) is 0 Å². The second kappa shape index (κ2) is 7.96. The van der Waals surface area contributed by atoms with E-state index in [0.29, 0.717) is 19.1 Å². The Bertz CT molecular complexity index is 305. The lowest BCUT2D eigenvalue weighted by Crippen LogP contribution is -2.46. The van der Waals surface area contributed by atoms with Gasteiger partial charge in [-0.25, -0.2) is 0 Å². The highest BCUT2D eigenvalue weighted by atomic mass is 16.5. The first-order chi connectivity index (χ1) is 9.68. The van der Waals surface area contributed by atoms with Crippen LogP contribution >= 0.6 is 0 Å². The number of nitrogens with zero attached hydrogens (tertiary/aromatic N) is 1. The second-order valence-corrected chi connectivity index (χ2v) is 5.99. The number of ether oxygens (including phenoxy) is 1. The Balaban J connectivity index is 1.67. The molecule has 5 heteroatoms. The van der Waals surface area contributed by atoms with Crippen molar-refractivity contribution in [3.63, 3.8) is 0 Å². The van der Waals surface area contributed by atoms with Crippen molar-refractivity contribution in [2.45, 2.75) is 63.2 Å². The third kappa shape index (κ3) is 4.43. The molecule has 2 rings (SSSR count). The summed E-state index contributed by atoms with van der Waals surface area (Å²) in [4.78, 5) is 13.9. The molecule has 0 spiro atoms. The lowest BCUT2D eigenvalue weighted by Gasteiger charge is -2.35. The molecule has 1 heterocycles. The van der Waals surface area contributed by atoms with Crippen molar-refractivity contribution < 1.29 is 14.6 Å². The summed E-state index contributed by atoms with van der Waals surface area (Å²) < 4.78 is 5.77. The molecule has 2 atom stereocenters. The maximum Gasteiger partial charge on any atom is 0.224 e. The van der Waals surface area contributed by atoms with Gasteiger partial charge in [-0.1, -0.05) is 12.8 Å². The van der Waals surface area contributed by atoms with E-state index in [-0.39, 0.29) is 18.1 Å². The molecule has 1 amide bonds. The van der Waals surface area contributed by atoms with Crippen LogP contribution in [-0.4, -0.2) is 60.9 Å². The monoisotopic (exact) mass is 284 g/mol. The maximum absolute atomic E-state index is 12.2. The van der Waals surface area contributed by atoms with Gasteiger partial charge >= 0.3 is 0 Å². The minimum atomic E-state index is -0.358. The zero-order valence-corrected chi connectivity index (χ0v) is 12.5. The van der Waals surface area contributed by atoms with Crippen molar-refractivity contribution in [2.75, 3.05) is 26.7 Å². The summed E-state index contributed by atoms with van der Waals surface area (Å²) >= 11 is 0. The minimum absolute atomic E-state index is 0.00451. The number of hydrogen-bond acceptors (Lipinski definition) is 4. The number of nitrogens with one attached hydrogen (secondary N) is 1. The molecule has 20 heavy (non-hydrogen) atoms. The fourth-order valence-corrected chi connectivity index (χ4v) is 3.18. The summed E-state index contributed by atoms with van der Waals surface area (Å²) in [6.07, 6.45) is 6.33. The van der Waals surface area contributed by atoms with E-state index in [4.69, 9.17) is 4.74 Å². The van der Waals surface area contributed by atoms with Gasteiger partial charge < -0.3 is 20.1 Å². The minimum Gasteiger partial charge on any atom is -0.391 e. The predicted molar refractivity (Wildman–Crippen MR) is 77.5 cm³/mol. The number of rotatable bonds is 5. The van der Waals surface area contributed by atoms with Crippen LogP contribution in [0.1, 0.15) is 44.9 Å². The summed E-state index contributed by atoms with van der Waals surface area (Å²) in [6, 6.07) is -0.00451. The van der Waals surface area contributed by atoms with Gasteiger partial charge in [-0.3, -0.25) is 4.79 Å². The fourth-order valence-electron chi connectivity index (χ4n) is 3.18. The first-order valence-electron chi connectivity index (χ1n) is 7.94. The summed E-state index contributed by atoms with van der Waals surface area (Å²) in [7, 11) is 1.81. The molecule has 5 nitrogen and oxygen atoms in total. The summed E-state index contributed by atoms with van der Waals surface area (Å²) in [6.45, 7) is 2.51. The van der Waals surface area contributed by atoms with Crippen molar-refractivity contribution in [2.24, 2.45) is 0 Å². The van der Waals surface area contributed by atoms with E-state index in [1.165, 1.54) is 0 Å². The Morgan fingerprint density at radius 3 is 2.65 bits per heavy atom. The first-order valence-corrected chi connectivity index (χ1v) is 7.94. The molecule has 0 aromatic rings. The van der Waals surface area contributed by atoms with Gasteiger partial charge in [0.15, 0.2) is 0 Å². The lowest BCUT2D eigenvalue weighted by molar-refractivity contribution is -0.137. The Morgan fingerprint density at radius 1 is 1.25 bits per heavy atom. The Labute approximate surface area is 121 Å². The highest BCUT2D eigenvalue weighted by Crippen LogP contribution is 2.22. The van der Waals surface area contributed by atoms with Gasteiger partial charge in [-0.15, -0.1) is 0 Å². The van der Waals surface area contributed by atoms with Gasteiger partial charge in [0.1, 0.15) is 0 Å². The van der Waals surface area contributed by atoms with Gasteiger partial charge in [0.05, 0.1) is 31.3 Å². The molecule has 0 bridgehead atoms. The van der Waals surface area contributed by atoms with Crippen LogP contribution in [0.5, 0.6) is 0 Å². The predicted octanol–water partition coefficient (Wildman–Crippen LogP) is 0.907. The standard InChI is InChI=1S/C15H28N2O3/c1-17(13-4-2-3-5-14(13)18)15(19)8-11-20-12-6-9-16-10-7-12/h12-14,16,18H,2-11H2,1H3. The molecule has 1 aliphatic heterocycles. The van der Waals surface area contributed by atoms with Crippen molar-refractivity contribution in [3.8, 4) is 0 Å². The van der Waals surface area contributed by atoms with Gasteiger partial charge in [0, 0.05) is 7.05 Å². The van der Waals surface area contributed by atoms with Gasteiger partial charge in [-0.05, 0) is 38.8 Å². The highest BCUT2D eigenvalue weighted by Gasteiger charge is 2.29. The Hall–Kier alpha value is -0.650. The smallest absolute Gasteiger partial charge is 0.224 e. The van der Waals surface area contributed by atoms with Crippen LogP contribution in [0.25, 0.3) is 0 Å². The molecule has 0 radical (unpaired) electrons. The topological polar surface area (TPSA) is 61.8 Å². The largest absolute Gasteiger partial charge is 0.391 e. The number of amides is 1. The number of likely N-dealkylation sites (N-methyl/N-ethyl adjacent to an activating group) is 1. The Kier molecular flexibility index (Phi) is 6.26. The van der Waals surface area contributed by atoms with Crippen LogP contribution in [0, 0.1) is 0 Å². The number of carbonyl (C=O) groups excluding carboxylic acids is 1. The number of piperidine rings is 1. The van der Waals surface area contributed by atoms with Gasteiger partial charge in [-0.2, -0.15) is 0 Å². The molecule has 2 N–H and O–H groups in total. The highest BCUT2D eigenvalue weighted by molar-refractivity contribution is 5.76. The van der Waals surface area contributed by atoms with Crippen molar-refractivity contribution >= 4 is 5.91 Å². The number of aliphatic hydroxyl groups is 1. The van der Waals surface area contributed by atoms with E-state index in [9.17, 15) is 9.90 Å². The van der Waals surface area contributed by atoms with E-state index in [0.717, 1.165) is 51.6 Å². The quantitative estimate of drug-likeness (QED) is 0.788. The molecule has 1 aliphatic carbocycles. The number of hydrogen-bond donors (Lipinski definition) is 2. The molecule has 2 unspecified atom stereocenters. The SMILES string of the molecule is CN(C(=O)CCOC1CCNCC1)C1CCCCC1O. The third-order valence-electron chi connectivity index (χ3n) is 4.54. The normalized spacial score (nSPS) is 28.3. The average Bonchev–Trinajstić information content (AvgIpc) is 2.48. The molecule has 0 aromatic heterocycles. The molecule has 2 fully saturated rings. The van der Waals surface area contributed by atoms with Crippen LogP contribution < -0.4 is 5.32 Å². The number of aliphatic hydroxyl groups excluding tert-OH is 1. The molecular weight excluding hydrogens is 256 g/mol. The van der Waals surface area contributed by atoms with E-state index in [2.05, 4.69) is 5.32 Å². The lowest BCUT2D eigenvalue weighted by atomic mass is 9.91. The summed E-state index contributed by atoms with van der Waals surface area (Å²) in [5.41, 5.74) is 0. The Morgan fingerprint density at radius 2 is 1.95 bits per heavy atom. The van der Waals surface area contributed by atoms with Crippen LogP contribution in [0.3, 0.4) is 0 Å².